The first-order valence-electron chi connectivity index (χ1n) is 7.20. The van der Waals surface area contributed by atoms with E-state index in [4.69, 9.17) is 9.47 Å². The first kappa shape index (κ1) is 14.8. The summed E-state index contributed by atoms with van der Waals surface area (Å²) in [4.78, 5) is 0. The molecule has 106 valence electrons. The average Bonchev–Trinajstić information content (AvgIpc) is 2.99. The lowest BCUT2D eigenvalue weighted by atomic mass is 10.1. The zero-order valence-corrected chi connectivity index (χ0v) is 12.2. The summed E-state index contributed by atoms with van der Waals surface area (Å²) in [6, 6.07) is 8.32. The fraction of sp³-hybridized carbons (Fsp3) is 0.333. The predicted molar refractivity (Wildman–Crippen MR) is 83.2 cm³/mol. The van der Waals surface area contributed by atoms with Gasteiger partial charge >= 0.3 is 0 Å². The Bertz CT molecular complexity index is 465. The van der Waals surface area contributed by atoms with Gasteiger partial charge in [-0.3, -0.25) is 0 Å². The second kappa shape index (κ2) is 7.83. The van der Waals surface area contributed by atoms with Gasteiger partial charge in [-0.05, 0) is 19.4 Å². The monoisotopic (exact) mass is 270 g/mol. The third-order valence-electron chi connectivity index (χ3n) is 3.13. The Morgan fingerprint density at radius 1 is 1.00 bits per heavy atom. The van der Waals surface area contributed by atoms with Crippen molar-refractivity contribution in [1.82, 2.24) is 0 Å². The maximum atomic E-state index is 5.59. The van der Waals surface area contributed by atoms with Crippen molar-refractivity contribution in [3.63, 3.8) is 0 Å². The van der Waals surface area contributed by atoms with Crippen LogP contribution < -0.4 is 0 Å². The third-order valence-corrected chi connectivity index (χ3v) is 3.13. The van der Waals surface area contributed by atoms with Gasteiger partial charge in [-0.25, -0.2) is 0 Å². The van der Waals surface area contributed by atoms with Crippen LogP contribution in [0.2, 0.25) is 0 Å². The highest BCUT2D eigenvalue weighted by Crippen LogP contribution is 2.20. The second-order valence-electron chi connectivity index (χ2n) is 4.62. The molecule has 1 aromatic rings. The first-order chi connectivity index (χ1) is 9.83. The van der Waals surface area contributed by atoms with E-state index in [1.54, 1.807) is 0 Å². The van der Waals surface area contributed by atoms with Crippen LogP contribution in [-0.2, 0) is 9.47 Å². The fourth-order valence-electron chi connectivity index (χ4n) is 2.11. The normalized spacial score (nSPS) is 14.9. The summed E-state index contributed by atoms with van der Waals surface area (Å²) in [7, 11) is 0. The number of rotatable bonds is 7. The van der Waals surface area contributed by atoms with Crippen molar-refractivity contribution in [2.24, 2.45) is 5.92 Å². The highest BCUT2D eigenvalue weighted by Gasteiger charge is 2.10. The zero-order valence-electron chi connectivity index (χ0n) is 12.2. The molecule has 1 aliphatic carbocycles. The van der Waals surface area contributed by atoms with Gasteiger partial charge in [-0.1, -0.05) is 60.7 Å². The van der Waals surface area contributed by atoms with Crippen molar-refractivity contribution in [2.45, 2.75) is 20.1 Å². The van der Waals surface area contributed by atoms with Gasteiger partial charge in [0.1, 0.15) is 0 Å². The lowest BCUT2D eigenvalue weighted by molar-refractivity contribution is -0.140. The van der Waals surface area contributed by atoms with Gasteiger partial charge in [0.2, 0.25) is 0 Å². The molecular weight excluding hydrogens is 248 g/mol. The largest absolute Gasteiger partial charge is 0.349 e. The van der Waals surface area contributed by atoms with Crippen LogP contribution in [-0.4, -0.2) is 13.2 Å². The van der Waals surface area contributed by atoms with Crippen LogP contribution in [0.1, 0.15) is 31.3 Å². The molecule has 0 amide bonds. The van der Waals surface area contributed by atoms with Crippen LogP contribution in [0.15, 0.2) is 54.6 Å². The van der Waals surface area contributed by atoms with Crippen LogP contribution in [0.25, 0.3) is 6.08 Å². The number of allylic oxidation sites excluding steroid dienone is 5. The SMILES string of the molecule is CCOC(OCC)c1ccc(/C=C/C2C=CC=C2)cc1. The molecular formula is C18H22O2. The molecule has 0 saturated heterocycles. The highest BCUT2D eigenvalue weighted by atomic mass is 16.7. The van der Waals surface area contributed by atoms with Gasteiger partial charge in [0, 0.05) is 24.7 Å². The van der Waals surface area contributed by atoms with E-state index in [1.807, 2.05) is 13.8 Å². The van der Waals surface area contributed by atoms with Crippen molar-refractivity contribution in [3.05, 3.63) is 65.8 Å². The standard InChI is InChI=1S/C18H22O2/c1-3-19-18(20-4-2)17-13-11-16(12-14-17)10-9-15-7-5-6-8-15/h5-15,18H,3-4H2,1-2H3/b10-9+. The Morgan fingerprint density at radius 3 is 2.15 bits per heavy atom. The van der Waals surface area contributed by atoms with Gasteiger partial charge in [-0.2, -0.15) is 0 Å². The molecule has 0 fully saturated rings. The van der Waals surface area contributed by atoms with Gasteiger partial charge < -0.3 is 9.47 Å². The number of hydrogen-bond acceptors (Lipinski definition) is 2. The molecule has 2 nitrogen and oxygen atoms in total. The van der Waals surface area contributed by atoms with Crippen LogP contribution in [0, 0.1) is 5.92 Å². The maximum absolute atomic E-state index is 5.59. The van der Waals surface area contributed by atoms with E-state index in [0.29, 0.717) is 19.1 Å². The molecule has 2 rings (SSSR count). The van der Waals surface area contributed by atoms with Crippen LogP contribution in [0.5, 0.6) is 0 Å². The molecule has 1 aliphatic rings. The van der Waals surface area contributed by atoms with Gasteiger partial charge in [0.25, 0.3) is 0 Å². The predicted octanol–water partition coefficient (Wildman–Crippen LogP) is 4.51. The molecule has 20 heavy (non-hydrogen) atoms. The molecule has 0 aromatic heterocycles. The summed E-state index contributed by atoms with van der Waals surface area (Å²) in [5.41, 5.74) is 2.25. The summed E-state index contributed by atoms with van der Waals surface area (Å²) in [6.07, 6.45) is 12.6. The van der Waals surface area contributed by atoms with Gasteiger partial charge in [-0.15, -0.1) is 0 Å². The topological polar surface area (TPSA) is 18.5 Å². The zero-order chi connectivity index (χ0) is 14.2. The second-order valence-corrected chi connectivity index (χ2v) is 4.62. The van der Waals surface area contributed by atoms with E-state index in [2.05, 4.69) is 60.7 Å². The summed E-state index contributed by atoms with van der Waals surface area (Å²) < 4.78 is 11.2. The molecule has 0 unspecified atom stereocenters. The van der Waals surface area contributed by atoms with E-state index in [0.717, 1.165) is 5.56 Å². The summed E-state index contributed by atoms with van der Waals surface area (Å²) in [5.74, 6) is 0.425. The van der Waals surface area contributed by atoms with Crippen molar-refractivity contribution >= 4 is 6.08 Å². The van der Waals surface area contributed by atoms with Crippen LogP contribution >= 0.6 is 0 Å². The Morgan fingerprint density at radius 2 is 1.60 bits per heavy atom. The molecule has 0 bridgehead atoms. The molecule has 0 heterocycles. The molecule has 2 heteroatoms. The average molecular weight is 270 g/mol. The van der Waals surface area contributed by atoms with E-state index in [1.165, 1.54) is 5.56 Å². The minimum Gasteiger partial charge on any atom is -0.349 e. The lowest BCUT2D eigenvalue weighted by Gasteiger charge is -2.17. The van der Waals surface area contributed by atoms with Crippen molar-refractivity contribution in [2.75, 3.05) is 13.2 Å². The van der Waals surface area contributed by atoms with Crippen molar-refractivity contribution in [3.8, 4) is 0 Å². The highest BCUT2D eigenvalue weighted by molar-refractivity contribution is 5.51. The molecule has 0 radical (unpaired) electrons. The quantitative estimate of drug-likeness (QED) is 0.678. The van der Waals surface area contributed by atoms with Crippen molar-refractivity contribution < 1.29 is 9.47 Å². The maximum Gasteiger partial charge on any atom is 0.183 e. The minimum absolute atomic E-state index is 0.260. The molecule has 0 N–H and O–H groups in total. The van der Waals surface area contributed by atoms with Gasteiger partial charge in [0.05, 0.1) is 0 Å². The summed E-state index contributed by atoms with van der Waals surface area (Å²) in [5, 5.41) is 0. The Labute approximate surface area is 121 Å². The molecule has 0 aliphatic heterocycles. The number of hydrogen-bond donors (Lipinski definition) is 0. The molecule has 1 aromatic carbocycles. The van der Waals surface area contributed by atoms with E-state index in [9.17, 15) is 0 Å². The van der Waals surface area contributed by atoms with E-state index < -0.39 is 0 Å². The number of benzene rings is 1. The van der Waals surface area contributed by atoms with Crippen molar-refractivity contribution in [1.29, 1.82) is 0 Å². The Balaban J connectivity index is 2.00. The number of ether oxygens (including phenoxy) is 2. The molecule has 0 saturated carbocycles. The lowest BCUT2D eigenvalue weighted by Crippen LogP contribution is -2.08. The molecule has 0 atom stereocenters. The Hall–Kier alpha value is -1.64. The summed E-state index contributed by atoms with van der Waals surface area (Å²) >= 11 is 0. The van der Waals surface area contributed by atoms with E-state index >= 15 is 0 Å². The first-order valence-corrected chi connectivity index (χ1v) is 7.20. The van der Waals surface area contributed by atoms with Crippen LogP contribution in [0.3, 0.4) is 0 Å². The van der Waals surface area contributed by atoms with Crippen LogP contribution in [0.4, 0.5) is 0 Å². The van der Waals surface area contributed by atoms with E-state index in [-0.39, 0.29) is 6.29 Å². The summed E-state index contributed by atoms with van der Waals surface area (Å²) in [6.45, 7) is 5.25. The Kier molecular flexibility index (Phi) is 5.78. The fourth-order valence-corrected chi connectivity index (χ4v) is 2.11. The molecule has 0 spiro atoms. The minimum atomic E-state index is -0.260. The third kappa shape index (κ3) is 4.19. The smallest absolute Gasteiger partial charge is 0.183 e. The van der Waals surface area contributed by atoms with Gasteiger partial charge in [0.15, 0.2) is 6.29 Å².